The van der Waals surface area contributed by atoms with Crippen molar-refractivity contribution in [1.82, 2.24) is 30.4 Å². The molecule has 1 aromatic heterocycles. The fourth-order valence-electron chi connectivity index (χ4n) is 4.66. The van der Waals surface area contributed by atoms with Crippen LogP contribution in [0.2, 0.25) is 0 Å². The third-order valence-corrected chi connectivity index (χ3v) is 6.68. The Balaban J connectivity index is 1.64. The second kappa shape index (κ2) is 14.5. The SMILES string of the molecule is COC(=O)[C@H](Cc1ccccc1)NC(=O)CNC(=O)[C@H]1CCCN1C(=O)[C@H](Cc1cncn1C)NC(=O)OC(C)(C)C. The molecule has 3 rings (SSSR count). The van der Waals surface area contributed by atoms with E-state index in [0.29, 0.717) is 25.1 Å². The highest BCUT2D eigenvalue weighted by atomic mass is 16.6. The van der Waals surface area contributed by atoms with Crippen LogP contribution in [0.3, 0.4) is 0 Å². The number of carbonyl (C=O) groups is 5. The van der Waals surface area contributed by atoms with Gasteiger partial charge in [-0.15, -0.1) is 0 Å². The van der Waals surface area contributed by atoms with Crippen LogP contribution in [0.25, 0.3) is 0 Å². The fourth-order valence-corrected chi connectivity index (χ4v) is 4.66. The number of likely N-dealkylation sites (tertiary alicyclic amines) is 1. The lowest BCUT2D eigenvalue weighted by atomic mass is 10.1. The number of hydrogen-bond donors (Lipinski definition) is 3. The highest BCUT2D eigenvalue weighted by Gasteiger charge is 2.38. The molecule has 2 heterocycles. The molecule has 3 N–H and O–H groups in total. The van der Waals surface area contributed by atoms with Crippen LogP contribution in [0.15, 0.2) is 42.9 Å². The van der Waals surface area contributed by atoms with Gasteiger partial charge in [-0.2, -0.15) is 0 Å². The number of methoxy groups -OCH3 is 1. The van der Waals surface area contributed by atoms with Crippen LogP contribution < -0.4 is 16.0 Å². The number of carbonyl (C=O) groups excluding carboxylic acids is 5. The molecule has 1 aliphatic heterocycles. The first-order valence-electron chi connectivity index (χ1n) is 13.8. The standard InChI is InChI=1S/C29H40N6O7/c1-29(2,3)42-28(40)33-21(15-20-16-30-18-34(20)4)26(38)35-13-9-12-23(35)25(37)31-17-24(36)32-22(27(39)41-5)14-19-10-7-6-8-11-19/h6-8,10-11,16,18,21-23H,9,12-15,17H2,1-5H3,(H,31,37)(H,32,36)(H,33,40)/t21-,22-,23+/m0/s1. The second-order valence-corrected chi connectivity index (χ2v) is 11.1. The molecule has 1 fully saturated rings. The van der Waals surface area contributed by atoms with Crippen LogP contribution in [0, 0.1) is 0 Å². The van der Waals surface area contributed by atoms with Gasteiger partial charge in [0.2, 0.25) is 17.7 Å². The summed E-state index contributed by atoms with van der Waals surface area (Å²) in [5, 5.41) is 7.83. The molecule has 0 unspecified atom stereocenters. The number of nitrogens with zero attached hydrogens (tertiary/aromatic N) is 3. The summed E-state index contributed by atoms with van der Waals surface area (Å²) in [4.78, 5) is 69.8. The van der Waals surface area contributed by atoms with E-state index in [4.69, 9.17) is 9.47 Å². The molecule has 228 valence electrons. The van der Waals surface area contributed by atoms with E-state index in [-0.39, 0.29) is 12.8 Å². The zero-order chi connectivity index (χ0) is 30.9. The molecule has 0 saturated carbocycles. The number of imidazole rings is 1. The van der Waals surface area contributed by atoms with E-state index in [1.54, 1.807) is 44.9 Å². The molecule has 2 aromatic rings. The number of benzene rings is 1. The number of aryl methyl sites for hydroxylation is 1. The van der Waals surface area contributed by atoms with Crippen molar-refractivity contribution in [3.05, 3.63) is 54.1 Å². The Kier molecular flexibility index (Phi) is 11.1. The molecule has 3 atom stereocenters. The van der Waals surface area contributed by atoms with E-state index in [9.17, 15) is 24.0 Å². The van der Waals surface area contributed by atoms with Crippen molar-refractivity contribution in [3.8, 4) is 0 Å². The summed E-state index contributed by atoms with van der Waals surface area (Å²) in [6.07, 6.45) is 3.76. The van der Waals surface area contributed by atoms with E-state index in [1.807, 2.05) is 30.3 Å². The Bertz CT molecular complexity index is 1260. The quantitative estimate of drug-likeness (QED) is 0.328. The minimum atomic E-state index is -1.01. The second-order valence-electron chi connectivity index (χ2n) is 11.1. The molecule has 1 aliphatic rings. The maximum Gasteiger partial charge on any atom is 0.408 e. The van der Waals surface area contributed by atoms with Crippen molar-refractivity contribution >= 4 is 29.8 Å². The first kappa shape index (κ1) is 32.1. The van der Waals surface area contributed by atoms with Crippen LogP contribution >= 0.6 is 0 Å². The van der Waals surface area contributed by atoms with E-state index < -0.39 is 60.1 Å². The van der Waals surface area contributed by atoms with Gasteiger partial charge in [-0.1, -0.05) is 30.3 Å². The third kappa shape index (κ3) is 9.32. The average molecular weight is 585 g/mol. The average Bonchev–Trinajstić information content (AvgIpc) is 3.59. The largest absolute Gasteiger partial charge is 0.467 e. The highest BCUT2D eigenvalue weighted by molar-refractivity contribution is 5.94. The van der Waals surface area contributed by atoms with Gasteiger partial charge in [-0.3, -0.25) is 14.4 Å². The van der Waals surface area contributed by atoms with E-state index in [2.05, 4.69) is 20.9 Å². The summed E-state index contributed by atoms with van der Waals surface area (Å²) in [6.45, 7) is 5.07. The molecule has 0 radical (unpaired) electrons. The lowest BCUT2D eigenvalue weighted by molar-refractivity contribution is -0.145. The molecule has 0 spiro atoms. The summed E-state index contributed by atoms with van der Waals surface area (Å²) in [5.41, 5.74) is 0.768. The van der Waals surface area contributed by atoms with Crippen molar-refractivity contribution in [2.45, 2.75) is 70.2 Å². The molecular weight excluding hydrogens is 544 g/mol. The number of alkyl carbamates (subject to hydrolysis) is 1. The predicted molar refractivity (Wildman–Crippen MR) is 152 cm³/mol. The Hall–Kier alpha value is -4.42. The Morgan fingerprint density at radius 1 is 1.05 bits per heavy atom. The third-order valence-electron chi connectivity index (χ3n) is 6.68. The van der Waals surface area contributed by atoms with Crippen LogP contribution in [0.4, 0.5) is 4.79 Å². The summed E-state index contributed by atoms with van der Waals surface area (Å²) >= 11 is 0. The number of aromatic nitrogens is 2. The van der Waals surface area contributed by atoms with E-state index >= 15 is 0 Å². The van der Waals surface area contributed by atoms with Crippen molar-refractivity contribution in [1.29, 1.82) is 0 Å². The number of amides is 4. The molecule has 1 saturated heterocycles. The predicted octanol–water partition coefficient (Wildman–Crippen LogP) is 0.864. The summed E-state index contributed by atoms with van der Waals surface area (Å²) in [7, 11) is 3.01. The molecule has 42 heavy (non-hydrogen) atoms. The van der Waals surface area contributed by atoms with Gasteiger partial charge in [0.05, 0.1) is 20.0 Å². The van der Waals surface area contributed by atoms with Crippen LogP contribution in [-0.4, -0.2) is 88.2 Å². The number of rotatable bonds is 11. The minimum Gasteiger partial charge on any atom is -0.467 e. The summed E-state index contributed by atoms with van der Waals surface area (Å²) in [5.74, 6) is -2.14. The van der Waals surface area contributed by atoms with Crippen molar-refractivity contribution in [2.75, 3.05) is 20.2 Å². The molecule has 13 heteroatoms. The van der Waals surface area contributed by atoms with Crippen molar-refractivity contribution in [2.24, 2.45) is 7.05 Å². The topological polar surface area (TPSA) is 161 Å². The first-order chi connectivity index (χ1) is 19.9. The van der Waals surface area contributed by atoms with Gasteiger partial charge >= 0.3 is 12.1 Å². The smallest absolute Gasteiger partial charge is 0.408 e. The molecular formula is C29H40N6O7. The van der Waals surface area contributed by atoms with Crippen LogP contribution in [-0.2, 0) is 48.5 Å². The van der Waals surface area contributed by atoms with Crippen LogP contribution in [0.5, 0.6) is 0 Å². The molecule has 0 bridgehead atoms. The maximum absolute atomic E-state index is 13.7. The molecule has 0 aliphatic carbocycles. The normalized spacial score (nSPS) is 16.2. The van der Waals surface area contributed by atoms with E-state index in [1.165, 1.54) is 12.0 Å². The van der Waals surface area contributed by atoms with Gasteiger partial charge in [0.15, 0.2) is 0 Å². The highest BCUT2D eigenvalue weighted by Crippen LogP contribution is 2.20. The van der Waals surface area contributed by atoms with E-state index in [0.717, 1.165) is 5.56 Å². The van der Waals surface area contributed by atoms with Gasteiger partial charge in [0.25, 0.3) is 0 Å². The van der Waals surface area contributed by atoms with Crippen LogP contribution in [0.1, 0.15) is 44.9 Å². The summed E-state index contributed by atoms with van der Waals surface area (Å²) in [6, 6.07) is 6.37. The minimum absolute atomic E-state index is 0.137. The number of esters is 1. The lowest BCUT2D eigenvalue weighted by Crippen LogP contribution is -2.55. The Morgan fingerprint density at radius 3 is 2.38 bits per heavy atom. The molecule has 1 aromatic carbocycles. The number of nitrogens with one attached hydrogen (secondary N) is 3. The lowest BCUT2D eigenvalue weighted by Gasteiger charge is -2.29. The zero-order valence-corrected chi connectivity index (χ0v) is 24.7. The van der Waals surface area contributed by atoms with Crippen molar-refractivity contribution in [3.63, 3.8) is 0 Å². The fraction of sp³-hybridized carbons (Fsp3) is 0.517. The van der Waals surface area contributed by atoms with Gasteiger partial charge < -0.3 is 34.9 Å². The number of ether oxygens (including phenoxy) is 2. The van der Waals surface area contributed by atoms with Gasteiger partial charge in [0.1, 0.15) is 23.7 Å². The van der Waals surface area contributed by atoms with Gasteiger partial charge in [0, 0.05) is 38.3 Å². The number of hydrogen-bond acceptors (Lipinski definition) is 8. The Morgan fingerprint density at radius 2 is 1.76 bits per heavy atom. The molecule has 13 nitrogen and oxygen atoms in total. The summed E-state index contributed by atoms with van der Waals surface area (Å²) < 4.78 is 11.9. The first-order valence-corrected chi connectivity index (χ1v) is 13.8. The zero-order valence-electron chi connectivity index (χ0n) is 24.7. The maximum atomic E-state index is 13.7. The molecule has 4 amide bonds. The van der Waals surface area contributed by atoms with Gasteiger partial charge in [-0.25, -0.2) is 14.6 Å². The van der Waals surface area contributed by atoms with Crippen molar-refractivity contribution < 1.29 is 33.4 Å². The monoisotopic (exact) mass is 584 g/mol. The van der Waals surface area contributed by atoms with Gasteiger partial charge in [-0.05, 0) is 39.2 Å². The Labute approximate surface area is 245 Å².